The largest absolute Gasteiger partial charge is 0.374 e. The van der Waals surface area contributed by atoms with Crippen molar-refractivity contribution >= 4 is 0 Å². The predicted molar refractivity (Wildman–Crippen MR) is 69.7 cm³/mol. The highest BCUT2D eigenvalue weighted by Crippen LogP contribution is 2.22. The molecule has 0 amide bonds. The summed E-state index contributed by atoms with van der Waals surface area (Å²) in [5, 5.41) is 0. The number of nitrogens with zero attached hydrogens (tertiary/aromatic N) is 1. The molecule has 2 rings (SSSR count). The smallest absolute Gasteiger partial charge is 0.159 e. The molecule has 0 bridgehead atoms. The van der Waals surface area contributed by atoms with E-state index < -0.39 is 17.7 Å². The molecule has 1 aliphatic rings. The van der Waals surface area contributed by atoms with Crippen molar-refractivity contribution in [1.29, 1.82) is 0 Å². The van der Waals surface area contributed by atoms with Gasteiger partial charge in [0, 0.05) is 19.1 Å². The van der Waals surface area contributed by atoms with E-state index in [0.717, 1.165) is 18.7 Å². The zero-order valence-corrected chi connectivity index (χ0v) is 11.3. The molecular weight excluding hydrogens is 250 g/mol. The van der Waals surface area contributed by atoms with Gasteiger partial charge < -0.3 is 10.5 Å². The van der Waals surface area contributed by atoms with Crippen LogP contribution in [0, 0.1) is 11.6 Å². The summed E-state index contributed by atoms with van der Waals surface area (Å²) < 4.78 is 31.8. The molecule has 3 nitrogen and oxygen atoms in total. The van der Waals surface area contributed by atoms with Crippen LogP contribution in [-0.2, 0) is 4.74 Å². The maximum absolute atomic E-state index is 13.2. The van der Waals surface area contributed by atoms with Gasteiger partial charge >= 0.3 is 0 Å². The van der Waals surface area contributed by atoms with Gasteiger partial charge in [-0.2, -0.15) is 0 Å². The topological polar surface area (TPSA) is 38.5 Å². The summed E-state index contributed by atoms with van der Waals surface area (Å²) in [5.74, 6) is -1.73. The van der Waals surface area contributed by atoms with Gasteiger partial charge in [-0.3, -0.25) is 4.90 Å². The number of nitrogens with two attached hydrogens (primary N) is 1. The first-order valence-electron chi connectivity index (χ1n) is 6.55. The first kappa shape index (κ1) is 14.4. The fraction of sp³-hybridized carbons (Fsp3) is 0.571. The van der Waals surface area contributed by atoms with Crippen molar-refractivity contribution in [3.05, 3.63) is 35.4 Å². The Morgan fingerprint density at radius 3 is 2.68 bits per heavy atom. The number of hydrogen-bond donors (Lipinski definition) is 1. The Hall–Kier alpha value is -1.04. The van der Waals surface area contributed by atoms with Gasteiger partial charge in [-0.15, -0.1) is 0 Å². The number of benzene rings is 1. The van der Waals surface area contributed by atoms with E-state index in [1.54, 1.807) is 0 Å². The molecule has 0 aliphatic carbocycles. The zero-order valence-electron chi connectivity index (χ0n) is 11.3. The molecule has 0 saturated carbocycles. The molecule has 2 N–H and O–H groups in total. The van der Waals surface area contributed by atoms with E-state index in [1.165, 1.54) is 6.07 Å². The summed E-state index contributed by atoms with van der Waals surface area (Å²) in [7, 11) is 0. The zero-order chi connectivity index (χ0) is 14.0. The molecule has 1 saturated heterocycles. The Morgan fingerprint density at radius 2 is 2.05 bits per heavy atom. The van der Waals surface area contributed by atoms with Gasteiger partial charge in [0.05, 0.1) is 18.8 Å². The van der Waals surface area contributed by atoms with E-state index in [-0.39, 0.29) is 6.10 Å². The standard InChI is InChI=1S/C14H20F2N2O/c1-9(2)18-5-6-19-13(8-18)14(17)10-3-4-11(15)12(16)7-10/h3-4,7,9,13-14H,5-6,8,17H2,1-2H3. The van der Waals surface area contributed by atoms with E-state index in [2.05, 4.69) is 18.7 Å². The van der Waals surface area contributed by atoms with Gasteiger partial charge in [0.2, 0.25) is 0 Å². The lowest BCUT2D eigenvalue weighted by molar-refractivity contribution is -0.0503. The second kappa shape index (κ2) is 5.94. The van der Waals surface area contributed by atoms with Crippen LogP contribution in [-0.4, -0.2) is 36.7 Å². The van der Waals surface area contributed by atoms with Crippen LogP contribution >= 0.6 is 0 Å². The van der Waals surface area contributed by atoms with Gasteiger partial charge in [0.1, 0.15) is 0 Å². The molecule has 1 heterocycles. The molecule has 2 unspecified atom stereocenters. The lowest BCUT2D eigenvalue weighted by Gasteiger charge is -2.38. The SMILES string of the molecule is CC(C)N1CCOC(C(N)c2ccc(F)c(F)c2)C1. The van der Waals surface area contributed by atoms with Crippen molar-refractivity contribution in [2.75, 3.05) is 19.7 Å². The van der Waals surface area contributed by atoms with Crippen LogP contribution in [0.5, 0.6) is 0 Å². The van der Waals surface area contributed by atoms with Crippen LogP contribution in [0.25, 0.3) is 0 Å². The summed E-state index contributed by atoms with van der Waals surface area (Å²) in [6.45, 7) is 6.42. The summed E-state index contributed by atoms with van der Waals surface area (Å²) in [5.41, 5.74) is 6.67. The van der Waals surface area contributed by atoms with Gasteiger partial charge in [0.15, 0.2) is 11.6 Å². The lowest BCUT2D eigenvalue weighted by atomic mass is 10.0. The second-order valence-corrected chi connectivity index (χ2v) is 5.20. The van der Waals surface area contributed by atoms with Crippen LogP contribution in [0.1, 0.15) is 25.5 Å². The van der Waals surface area contributed by atoms with E-state index in [4.69, 9.17) is 10.5 Å². The Labute approximate surface area is 112 Å². The van der Waals surface area contributed by atoms with Crippen LogP contribution < -0.4 is 5.73 Å². The number of halogens is 2. The highest BCUT2D eigenvalue weighted by atomic mass is 19.2. The Kier molecular flexibility index (Phi) is 4.50. The minimum absolute atomic E-state index is 0.194. The van der Waals surface area contributed by atoms with Crippen molar-refractivity contribution in [2.45, 2.75) is 32.0 Å². The van der Waals surface area contributed by atoms with Gasteiger partial charge in [-0.25, -0.2) is 8.78 Å². The molecule has 1 aromatic carbocycles. The molecule has 0 spiro atoms. The molecule has 0 radical (unpaired) electrons. The molecule has 1 aromatic rings. The van der Waals surface area contributed by atoms with Crippen molar-refractivity contribution in [1.82, 2.24) is 4.90 Å². The number of rotatable bonds is 3. The third-order valence-corrected chi connectivity index (χ3v) is 3.58. The van der Waals surface area contributed by atoms with Gasteiger partial charge in [-0.1, -0.05) is 6.07 Å². The molecule has 1 fully saturated rings. The van der Waals surface area contributed by atoms with E-state index in [1.807, 2.05) is 0 Å². The second-order valence-electron chi connectivity index (χ2n) is 5.20. The number of ether oxygens (including phenoxy) is 1. The lowest BCUT2D eigenvalue weighted by Crippen LogP contribution is -2.49. The molecular formula is C14H20F2N2O. The van der Waals surface area contributed by atoms with Crippen LogP contribution in [0.4, 0.5) is 8.78 Å². The molecule has 1 aliphatic heterocycles. The average Bonchev–Trinajstić information content (AvgIpc) is 2.41. The Morgan fingerprint density at radius 1 is 1.32 bits per heavy atom. The van der Waals surface area contributed by atoms with Crippen LogP contribution in [0.3, 0.4) is 0 Å². The Bertz CT molecular complexity index is 439. The van der Waals surface area contributed by atoms with E-state index in [9.17, 15) is 8.78 Å². The molecule has 19 heavy (non-hydrogen) atoms. The van der Waals surface area contributed by atoms with E-state index in [0.29, 0.717) is 24.8 Å². The highest BCUT2D eigenvalue weighted by molar-refractivity contribution is 5.22. The number of hydrogen-bond acceptors (Lipinski definition) is 3. The summed E-state index contributed by atoms with van der Waals surface area (Å²) in [6, 6.07) is 3.74. The van der Waals surface area contributed by atoms with E-state index >= 15 is 0 Å². The first-order chi connectivity index (χ1) is 8.99. The third-order valence-electron chi connectivity index (χ3n) is 3.58. The summed E-state index contributed by atoms with van der Waals surface area (Å²) >= 11 is 0. The van der Waals surface area contributed by atoms with Crippen molar-refractivity contribution in [3.8, 4) is 0 Å². The fourth-order valence-corrected chi connectivity index (χ4v) is 2.32. The maximum atomic E-state index is 13.2. The van der Waals surface area contributed by atoms with Gasteiger partial charge in [0.25, 0.3) is 0 Å². The highest BCUT2D eigenvalue weighted by Gasteiger charge is 2.28. The third kappa shape index (κ3) is 3.29. The normalized spacial score (nSPS) is 22.7. The fourth-order valence-electron chi connectivity index (χ4n) is 2.32. The number of morpholine rings is 1. The van der Waals surface area contributed by atoms with Crippen LogP contribution in [0.2, 0.25) is 0 Å². The average molecular weight is 270 g/mol. The van der Waals surface area contributed by atoms with Crippen molar-refractivity contribution in [3.63, 3.8) is 0 Å². The minimum Gasteiger partial charge on any atom is -0.374 e. The Balaban J connectivity index is 2.10. The molecule has 106 valence electrons. The van der Waals surface area contributed by atoms with Crippen molar-refractivity contribution < 1.29 is 13.5 Å². The van der Waals surface area contributed by atoms with Crippen LogP contribution in [0.15, 0.2) is 18.2 Å². The monoisotopic (exact) mass is 270 g/mol. The molecule has 5 heteroatoms. The maximum Gasteiger partial charge on any atom is 0.159 e. The summed E-state index contributed by atoms with van der Waals surface area (Å²) in [4.78, 5) is 2.27. The summed E-state index contributed by atoms with van der Waals surface area (Å²) in [6.07, 6.45) is -0.194. The molecule has 0 aromatic heterocycles. The first-order valence-corrected chi connectivity index (χ1v) is 6.55. The predicted octanol–water partition coefficient (Wildman–Crippen LogP) is 2.07. The van der Waals surface area contributed by atoms with Gasteiger partial charge in [-0.05, 0) is 31.5 Å². The quantitative estimate of drug-likeness (QED) is 0.914. The van der Waals surface area contributed by atoms with Crippen molar-refractivity contribution in [2.24, 2.45) is 5.73 Å². The minimum atomic E-state index is -0.871. The molecule has 2 atom stereocenters.